The van der Waals surface area contributed by atoms with Crippen LogP contribution in [0.15, 0.2) is 47.3 Å². The summed E-state index contributed by atoms with van der Waals surface area (Å²) in [6, 6.07) is 12.4. The van der Waals surface area contributed by atoms with Gasteiger partial charge in [-0.2, -0.15) is 0 Å². The Balaban J connectivity index is 1.79. The monoisotopic (exact) mass is 482 g/mol. The fourth-order valence-electron chi connectivity index (χ4n) is 4.00. The zero-order valence-electron chi connectivity index (χ0n) is 20.6. The number of H-pyrrole nitrogens is 1. The Morgan fingerprint density at radius 3 is 2.38 bits per heavy atom. The Labute approximate surface area is 207 Å². The summed E-state index contributed by atoms with van der Waals surface area (Å²) >= 11 is 5.73. The molecule has 2 N–H and O–H groups in total. The minimum absolute atomic E-state index is 0.121. The molecule has 0 aliphatic carbocycles. The second kappa shape index (κ2) is 12.1. The number of hydrogen-bond acceptors (Lipinski definition) is 3. The van der Waals surface area contributed by atoms with Crippen LogP contribution in [0, 0.1) is 19.7 Å². The normalized spacial score (nSPS) is 11.2. The van der Waals surface area contributed by atoms with Crippen molar-refractivity contribution in [2.24, 2.45) is 0 Å². The van der Waals surface area contributed by atoms with Crippen LogP contribution in [0.4, 0.5) is 4.39 Å². The van der Waals surface area contributed by atoms with Crippen molar-refractivity contribution in [1.82, 2.24) is 20.1 Å². The highest BCUT2D eigenvalue weighted by Gasteiger charge is 2.15. The van der Waals surface area contributed by atoms with E-state index in [0.717, 1.165) is 54.6 Å². The molecule has 3 rings (SSSR count). The van der Waals surface area contributed by atoms with E-state index in [1.54, 1.807) is 12.1 Å². The molecule has 0 fully saturated rings. The average molecular weight is 483 g/mol. The molecule has 0 saturated carbocycles. The van der Waals surface area contributed by atoms with Gasteiger partial charge in [-0.3, -0.25) is 4.79 Å². The SMILES string of the molecule is CCN(CC)CCCNC(=S)N(Cc1ccc(F)cc1)Cc1cc2cc(C)c(C)cc2[nH]c1=O. The summed E-state index contributed by atoms with van der Waals surface area (Å²) < 4.78 is 13.4. The Morgan fingerprint density at radius 2 is 1.71 bits per heavy atom. The van der Waals surface area contributed by atoms with E-state index in [2.05, 4.69) is 42.0 Å². The zero-order valence-corrected chi connectivity index (χ0v) is 21.4. The number of pyridine rings is 1. The Kier molecular flexibility index (Phi) is 9.19. The number of fused-ring (bicyclic) bond motifs is 1. The molecule has 0 bridgehead atoms. The van der Waals surface area contributed by atoms with Gasteiger partial charge in [0.25, 0.3) is 5.56 Å². The standard InChI is InChI=1S/C27H35FN4OS/c1-5-31(6-2)13-7-12-29-27(34)32(17-21-8-10-24(28)11-9-21)18-23-16-22-14-19(3)20(4)15-25(22)30-26(23)33/h8-11,14-16H,5-7,12-13,17-18H2,1-4H3,(H,29,34)(H,30,33). The summed E-state index contributed by atoms with van der Waals surface area (Å²) in [5.74, 6) is -0.274. The third-order valence-electron chi connectivity index (χ3n) is 6.29. The van der Waals surface area contributed by atoms with Crippen molar-refractivity contribution in [3.05, 3.63) is 80.9 Å². The van der Waals surface area contributed by atoms with Gasteiger partial charge in [0, 0.05) is 24.2 Å². The molecule has 7 heteroatoms. The van der Waals surface area contributed by atoms with Gasteiger partial charge in [-0.1, -0.05) is 26.0 Å². The molecule has 1 aromatic heterocycles. The molecule has 0 amide bonds. The van der Waals surface area contributed by atoms with E-state index in [9.17, 15) is 9.18 Å². The minimum atomic E-state index is -0.274. The summed E-state index contributed by atoms with van der Waals surface area (Å²) in [7, 11) is 0. The topological polar surface area (TPSA) is 51.4 Å². The van der Waals surface area contributed by atoms with Crippen LogP contribution in [0.25, 0.3) is 10.9 Å². The van der Waals surface area contributed by atoms with Crippen LogP contribution in [-0.4, -0.2) is 46.1 Å². The van der Waals surface area contributed by atoms with Gasteiger partial charge >= 0.3 is 0 Å². The van der Waals surface area contributed by atoms with E-state index < -0.39 is 0 Å². The molecule has 3 aromatic rings. The number of aromatic nitrogens is 1. The Morgan fingerprint density at radius 1 is 1.03 bits per heavy atom. The molecule has 2 aromatic carbocycles. The lowest BCUT2D eigenvalue weighted by Crippen LogP contribution is -2.41. The number of thiocarbonyl (C=S) groups is 1. The first kappa shape index (κ1) is 25.8. The lowest BCUT2D eigenvalue weighted by molar-refractivity contribution is 0.299. The lowest BCUT2D eigenvalue weighted by Gasteiger charge is -2.26. The van der Waals surface area contributed by atoms with Crippen LogP contribution in [0.3, 0.4) is 0 Å². The maximum atomic E-state index is 13.4. The Bertz CT molecular complexity index is 1170. The molecule has 0 aliphatic heterocycles. The first-order valence-electron chi connectivity index (χ1n) is 11.9. The van der Waals surface area contributed by atoms with Crippen molar-refractivity contribution < 1.29 is 4.39 Å². The van der Waals surface area contributed by atoms with Crippen molar-refractivity contribution in [2.45, 2.75) is 47.2 Å². The number of nitrogens with one attached hydrogen (secondary N) is 2. The number of aryl methyl sites for hydroxylation is 2. The molecule has 0 atom stereocenters. The van der Waals surface area contributed by atoms with Crippen LogP contribution < -0.4 is 10.9 Å². The zero-order chi connectivity index (χ0) is 24.7. The van der Waals surface area contributed by atoms with Crippen molar-refractivity contribution in [3.63, 3.8) is 0 Å². The molecule has 182 valence electrons. The largest absolute Gasteiger partial charge is 0.363 e. The summed E-state index contributed by atoms with van der Waals surface area (Å²) in [5, 5.41) is 4.94. The second-order valence-corrected chi connectivity index (χ2v) is 9.13. The number of nitrogens with zero attached hydrogens (tertiary/aromatic N) is 2. The molecule has 1 heterocycles. The van der Waals surface area contributed by atoms with Gasteiger partial charge in [0.15, 0.2) is 5.11 Å². The van der Waals surface area contributed by atoms with Gasteiger partial charge in [-0.25, -0.2) is 4.39 Å². The fraction of sp³-hybridized carbons (Fsp3) is 0.407. The number of hydrogen-bond donors (Lipinski definition) is 2. The van der Waals surface area contributed by atoms with Gasteiger partial charge < -0.3 is 20.1 Å². The van der Waals surface area contributed by atoms with E-state index >= 15 is 0 Å². The van der Waals surface area contributed by atoms with E-state index in [-0.39, 0.29) is 11.4 Å². The number of halogens is 1. The van der Waals surface area contributed by atoms with Gasteiger partial charge in [-0.05, 0) is 105 Å². The molecule has 0 spiro atoms. The van der Waals surface area contributed by atoms with Crippen LogP contribution in [0.5, 0.6) is 0 Å². The molecular weight excluding hydrogens is 447 g/mol. The van der Waals surface area contributed by atoms with Gasteiger partial charge in [-0.15, -0.1) is 0 Å². The van der Waals surface area contributed by atoms with Crippen LogP contribution in [0.1, 0.15) is 42.5 Å². The van der Waals surface area contributed by atoms with Crippen LogP contribution >= 0.6 is 12.2 Å². The predicted octanol–water partition coefficient (Wildman–Crippen LogP) is 4.89. The predicted molar refractivity (Wildman–Crippen MR) is 143 cm³/mol. The Hall–Kier alpha value is -2.77. The molecule has 0 saturated heterocycles. The maximum Gasteiger partial charge on any atom is 0.253 e. The highest BCUT2D eigenvalue weighted by molar-refractivity contribution is 7.80. The number of rotatable bonds is 10. The highest BCUT2D eigenvalue weighted by atomic mass is 32.1. The molecule has 0 aliphatic rings. The number of aromatic amines is 1. The van der Waals surface area contributed by atoms with Gasteiger partial charge in [0.1, 0.15) is 5.82 Å². The summed E-state index contributed by atoms with van der Waals surface area (Å²) in [6.07, 6.45) is 0.974. The van der Waals surface area contributed by atoms with Crippen LogP contribution in [-0.2, 0) is 13.1 Å². The van der Waals surface area contributed by atoms with Crippen molar-refractivity contribution in [2.75, 3.05) is 26.2 Å². The smallest absolute Gasteiger partial charge is 0.253 e. The minimum Gasteiger partial charge on any atom is -0.363 e. The molecule has 0 unspecified atom stereocenters. The van der Waals surface area contributed by atoms with E-state index in [1.807, 2.05) is 24.0 Å². The van der Waals surface area contributed by atoms with E-state index in [4.69, 9.17) is 12.2 Å². The quantitative estimate of drug-likeness (QED) is 0.318. The summed E-state index contributed by atoms with van der Waals surface area (Å²) in [6.45, 7) is 13.1. The summed E-state index contributed by atoms with van der Waals surface area (Å²) in [4.78, 5) is 20.2. The second-order valence-electron chi connectivity index (χ2n) is 8.74. The average Bonchev–Trinajstić information content (AvgIpc) is 2.81. The first-order chi connectivity index (χ1) is 16.3. The van der Waals surface area contributed by atoms with Crippen LogP contribution in [0.2, 0.25) is 0 Å². The molecule has 0 radical (unpaired) electrons. The van der Waals surface area contributed by atoms with Crippen molar-refractivity contribution in [1.29, 1.82) is 0 Å². The lowest BCUT2D eigenvalue weighted by atomic mass is 10.0. The maximum absolute atomic E-state index is 13.4. The van der Waals surface area contributed by atoms with E-state index in [0.29, 0.717) is 23.8 Å². The van der Waals surface area contributed by atoms with Gasteiger partial charge in [0.2, 0.25) is 0 Å². The summed E-state index contributed by atoms with van der Waals surface area (Å²) in [5.41, 5.74) is 4.61. The molecular formula is C27H35FN4OS. The van der Waals surface area contributed by atoms with Crippen molar-refractivity contribution >= 4 is 28.2 Å². The highest BCUT2D eigenvalue weighted by Crippen LogP contribution is 2.18. The van der Waals surface area contributed by atoms with Crippen molar-refractivity contribution in [3.8, 4) is 0 Å². The third-order valence-corrected chi connectivity index (χ3v) is 6.69. The van der Waals surface area contributed by atoms with Gasteiger partial charge in [0.05, 0.1) is 6.54 Å². The fourth-order valence-corrected chi connectivity index (χ4v) is 4.24. The molecule has 34 heavy (non-hydrogen) atoms. The third kappa shape index (κ3) is 6.87. The number of benzene rings is 2. The first-order valence-corrected chi connectivity index (χ1v) is 12.3. The molecule has 5 nitrogen and oxygen atoms in total. The van der Waals surface area contributed by atoms with E-state index in [1.165, 1.54) is 17.7 Å².